The first-order valence-corrected chi connectivity index (χ1v) is 10.1. The van der Waals surface area contributed by atoms with Crippen molar-refractivity contribution in [3.05, 3.63) is 83.2 Å². The predicted molar refractivity (Wildman–Crippen MR) is 122 cm³/mol. The lowest BCUT2D eigenvalue weighted by Gasteiger charge is -2.15. The second-order valence-electron chi connectivity index (χ2n) is 7.19. The molecule has 1 heterocycles. The Kier molecular flexibility index (Phi) is 6.03. The Morgan fingerprint density at radius 3 is 2.34 bits per heavy atom. The summed E-state index contributed by atoms with van der Waals surface area (Å²) in [6.45, 7) is 0. The molecule has 2 aromatic carbocycles. The average Bonchev–Trinajstić information content (AvgIpc) is 3.14. The van der Waals surface area contributed by atoms with Crippen LogP contribution in [0.5, 0.6) is 28.7 Å². The summed E-state index contributed by atoms with van der Waals surface area (Å²) in [6, 6.07) is 9.01. The molecular weight excluding hydrogens is 408 g/mol. The van der Waals surface area contributed by atoms with E-state index in [2.05, 4.69) is 0 Å². The van der Waals surface area contributed by atoms with Gasteiger partial charge in [-0.05, 0) is 29.9 Å². The first kappa shape index (κ1) is 21.3. The highest BCUT2D eigenvalue weighted by molar-refractivity contribution is 6.14. The van der Waals surface area contributed by atoms with E-state index in [1.54, 1.807) is 33.5 Å². The third-order valence-electron chi connectivity index (χ3n) is 5.36. The molecule has 6 heteroatoms. The number of hydrogen-bond donors (Lipinski definition) is 0. The highest BCUT2D eigenvalue weighted by Crippen LogP contribution is 2.42. The normalized spacial score (nSPS) is 19.1. The summed E-state index contributed by atoms with van der Waals surface area (Å²) in [7, 11) is 6.31. The fourth-order valence-electron chi connectivity index (χ4n) is 3.70. The first-order chi connectivity index (χ1) is 15.6. The zero-order valence-corrected chi connectivity index (χ0v) is 18.4. The van der Waals surface area contributed by atoms with E-state index >= 15 is 0 Å². The van der Waals surface area contributed by atoms with Crippen LogP contribution in [0.1, 0.15) is 15.9 Å². The van der Waals surface area contributed by atoms with Crippen LogP contribution in [0.4, 0.5) is 0 Å². The molecular formula is C26H24O6. The number of rotatable bonds is 6. The van der Waals surface area contributed by atoms with Crippen LogP contribution in [0, 0.1) is 5.92 Å². The average molecular weight is 432 g/mol. The van der Waals surface area contributed by atoms with Crippen LogP contribution in [-0.4, -0.2) is 34.2 Å². The zero-order valence-electron chi connectivity index (χ0n) is 18.4. The van der Waals surface area contributed by atoms with Gasteiger partial charge < -0.3 is 23.7 Å². The molecule has 0 N–H and O–H groups in total. The van der Waals surface area contributed by atoms with Crippen molar-refractivity contribution in [2.45, 2.75) is 0 Å². The largest absolute Gasteiger partial charge is 0.497 e. The van der Waals surface area contributed by atoms with Gasteiger partial charge in [-0.25, -0.2) is 0 Å². The minimum atomic E-state index is -0.219. The van der Waals surface area contributed by atoms with Crippen molar-refractivity contribution in [3.63, 3.8) is 0 Å². The van der Waals surface area contributed by atoms with Gasteiger partial charge in [-0.2, -0.15) is 0 Å². The highest BCUT2D eigenvalue weighted by Gasteiger charge is 2.32. The second kappa shape index (κ2) is 9.06. The fraction of sp³-hybridized carbons (Fsp3) is 0.192. The van der Waals surface area contributed by atoms with Gasteiger partial charge in [-0.15, -0.1) is 0 Å². The summed E-state index contributed by atoms with van der Waals surface area (Å²) in [6.07, 6.45) is 11.7. The number of methoxy groups -OCH3 is 4. The van der Waals surface area contributed by atoms with E-state index in [0.717, 1.165) is 11.1 Å². The molecule has 0 spiro atoms. The molecule has 0 radical (unpaired) electrons. The van der Waals surface area contributed by atoms with Crippen molar-refractivity contribution in [2.24, 2.45) is 5.92 Å². The second-order valence-corrected chi connectivity index (χ2v) is 7.19. The zero-order chi connectivity index (χ0) is 22.7. The lowest BCUT2D eigenvalue weighted by atomic mass is 9.91. The van der Waals surface area contributed by atoms with Crippen LogP contribution in [0.3, 0.4) is 0 Å². The summed E-state index contributed by atoms with van der Waals surface area (Å²) < 4.78 is 27.4. The van der Waals surface area contributed by atoms with E-state index < -0.39 is 0 Å². The minimum absolute atomic E-state index is 0.159. The molecule has 1 aliphatic carbocycles. The maximum atomic E-state index is 13.1. The monoisotopic (exact) mass is 432 g/mol. The Balaban J connectivity index is 1.69. The maximum Gasteiger partial charge on any atom is 0.235 e. The quantitative estimate of drug-likeness (QED) is 0.598. The molecule has 32 heavy (non-hydrogen) atoms. The van der Waals surface area contributed by atoms with E-state index in [4.69, 9.17) is 23.7 Å². The highest BCUT2D eigenvalue weighted by atomic mass is 16.5. The van der Waals surface area contributed by atoms with E-state index in [-0.39, 0.29) is 17.5 Å². The summed E-state index contributed by atoms with van der Waals surface area (Å²) >= 11 is 0. The standard InChI is InChI=1S/C26H24O6/c1-28-19-10-9-18(21(13-19)30-3)11-16-7-5-6-8-17(16)12-24-26(27)25-22(31-4)14-20(29-2)15-23(25)32-24/h5-15,17H,1-4H3. The lowest BCUT2D eigenvalue weighted by molar-refractivity contribution is 0.101. The smallest absolute Gasteiger partial charge is 0.235 e. The van der Waals surface area contributed by atoms with Gasteiger partial charge in [0.05, 0.1) is 28.4 Å². The topological polar surface area (TPSA) is 63.2 Å². The van der Waals surface area contributed by atoms with Gasteiger partial charge in [0.2, 0.25) is 5.78 Å². The number of fused-ring (bicyclic) bond motifs is 1. The van der Waals surface area contributed by atoms with Gasteiger partial charge in [0, 0.05) is 29.7 Å². The van der Waals surface area contributed by atoms with Gasteiger partial charge in [0.25, 0.3) is 0 Å². The Labute approximate surface area is 187 Å². The number of ether oxygens (including phenoxy) is 5. The lowest BCUT2D eigenvalue weighted by Crippen LogP contribution is -2.06. The van der Waals surface area contributed by atoms with Crippen LogP contribution in [0.25, 0.3) is 6.08 Å². The van der Waals surface area contributed by atoms with E-state index in [1.165, 1.54) is 7.11 Å². The molecule has 0 amide bonds. The number of allylic oxidation sites excluding steroid dienone is 7. The van der Waals surface area contributed by atoms with Crippen molar-refractivity contribution in [1.82, 2.24) is 0 Å². The van der Waals surface area contributed by atoms with Crippen molar-refractivity contribution in [3.8, 4) is 28.7 Å². The first-order valence-electron chi connectivity index (χ1n) is 10.1. The molecule has 1 unspecified atom stereocenters. The molecule has 0 saturated heterocycles. The Bertz CT molecular complexity index is 1170. The summed E-state index contributed by atoms with van der Waals surface area (Å²) in [5, 5.41) is 0. The number of ketones is 1. The van der Waals surface area contributed by atoms with Crippen LogP contribution in [-0.2, 0) is 0 Å². The van der Waals surface area contributed by atoms with Gasteiger partial charge in [0.1, 0.15) is 34.3 Å². The Hall–Kier alpha value is -3.93. The summed E-state index contributed by atoms with van der Waals surface area (Å²) in [5.41, 5.74) is 2.29. The molecule has 1 aliphatic heterocycles. The van der Waals surface area contributed by atoms with Gasteiger partial charge in [0.15, 0.2) is 5.76 Å². The third kappa shape index (κ3) is 3.99. The number of Topliss-reactive ketones (excluding diaryl/α,β-unsaturated/α-hetero) is 1. The van der Waals surface area contributed by atoms with Gasteiger partial charge >= 0.3 is 0 Å². The molecule has 0 fully saturated rings. The van der Waals surface area contributed by atoms with E-state index in [1.807, 2.05) is 54.7 Å². The summed E-state index contributed by atoms with van der Waals surface area (Å²) in [5.74, 6) is 2.70. The fourth-order valence-corrected chi connectivity index (χ4v) is 3.70. The molecule has 0 aromatic heterocycles. The van der Waals surface area contributed by atoms with Crippen LogP contribution in [0.15, 0.2) is 72.0 Å². The predicted octanol–water partition coefficient (Wildman–Crippen LogP) is 5.01. The maximum absolute atomic E-state index is 13.1. The van der Waals surface area contributed by atoms with Crippen molar-refractivity contribution in [1.29, 1.82) is 0 Å². The molecule has 6 nitrogen and oxygen atoms in total. The number of hydrogen-bond acceptors (Lipinski definition) is 6. The minimum Gasteiger partial charge on any atom is -0.497 e. The summed E-state index contributed by atoms with van der Waals surface area (Å²) in [4.78, 5) is 13.1. The molecule has 0 saturated carbocycles. The van der Waals surface area contributed by atoms with Crippen LogP contribution in [0.2, 0.25) is 0 Å². The Morgan fingerprint density at radius 2 is 1.62 bits per heavy atom. The van der Waals surface area contributed by atoms with Crippen LogP contribution < -0.4 is 23.7 Å². The molecule has 164 valence electrons. The third-order valence-corrected chi connectivity index (χ3v) is 5.36. The Morgan fingerprint density at radius 1 is 0.875 bits per heavy atom. The number of carbonyl (C=O) groups is 1. The van der Waals surface area contributed by atoms with Crippen molar-refractivity contribution >= 4 is 11.9 Å². The molecule has 0 bridgehead atoms. The van der Waals surface area contributed by atoms with Gasteiger partial charge in [-0.1, -0.05) is 24.3 Å². The van der Waals surface area contributed by atoms with E-state index in [9.17, 15) is 4.79 Å². The molecule has 2 aliphatic rings. The number of benzene rings is 2. The van der Waals surface area contributed by atoms with Crippen molar-refractivity contribution < 1.29 is 28.5 Å². The molecule has 1 atom stereocenters. The number of carbonyl (C=O) groups excluding carboxylic acids is 1. The molecule has 4 rings (SSSR count). The molecule has 2 aromatic rings. The van der Waals surface area contributed by atoms with Gasteiger partial charge in [-0.3, -0.25) is 4.79 Å². The van der Waals surface area contributed by atoms with E-state index in [0.29, 0.717) is 34.3 Å². The van der Waals surface area contributed by atoms with Crippen LogP contribution >= 0.6 is 0 Å². The van der Waals surface area contributed by atoms with Crippen molar-refractivity contribution in [2.75, 3.05) is 28.4 Å². The SMILES string of the molecule is COc1ccc(C=C2C=CC=CC2C=C2Oc3cc(OC)cc(OC)c3C2=O)c(OC)c1.